The molecule has 2 heterocycles. The van der Waals surface area contributed by atoms with Gasteiger partial charge in [0.1, 0.15) is 0 Å². The Bertz CT molecular complexity index is 748. The Kier molecular flexibility index (Phi) is 3.63. The first-order valence-electron chi connectivity index (χ1n) is 9.89. The second kappa shape index (κ2) is 5.88. The summed E-state index contributed by atoms with van der Waals surface area (Å²) in [6, 6.07) is 20.7. The van der Waals surface area contributed by atoms with Gasteiger partial charge in [0.25, 0.3) is 0 Å². The minimum atomic E-state index is 0.616. The number of para-hydroxylation sites is 2. The average Bonchev–Trinajstić information content (AvgIpc) is 3.08. The van der Waals surface area contributed by atoms with Crippen LogP contribution >= 0.6 is 0 Å². The van der Waals surface area contributed by atoms with E-state index in [0.717, 1.165) is 17.8 Å². The molecule has 2 aromatic carbocycles. The maximum atomic E-state index is 2.75. The first-order chi connectivity index (χ1) is 12.2. The molecular formula is C23H28N2. The summed E-state index contributed by atoms with van der Waals surface area (Å²) < 4.78 is 0. The fourth-order valence-electron chi connectivity index (χ4n) is 5.30. The second-order valence-corrected chi connectivity index (χ2v) is 8.37. The largest absolute Gasteiger partial charge is 0.337 e. The Hall–Kier alpha value is -1.80. The number of likely N-dealkylation sites (tertiary alicyclic amines) is 1. The SMILES string of the molecule is C[C@@H]1C(CN2CC[C@@H]3[C@@H](C2)c2ccccc2N3c2ccccc2)[C@@H]1C. The quantitative estimate of drug-likeness (QED) is 0.789. The first-order valence-corrected chi connectivity index (χ1v) is 9.89. The molecule has 0 radical (unpaired) electrons. The van der Waals surface area contributed by atoms with Crippen LogP contribution in [0.1, 0.15) is 31.7 Å². The second-order valence-electron chi connectivity index (χ2n) is 8.37. The zero-order chi connectivity index (χ0) is 17.0. The highest BCUT2D eigenvalue weighted by Gasteiger charge is 2.46. The van der Waals surface area contributed by atoms with Gasteiger partial charge < -0.3 is 9.80 Å². The molecule has 1 aliphatic carbocycles. The molecule has 2 aliphatic heterocycles. The van der Waals surface area contributed by atoms with Crippen molar-refractivity contribution in [1.29, 1.82) is 0 Å². The van der Waals surface area contributed by atoms with Gasteiger partial charge in [-0.1, -0.05) is 50.2 Å². The molecule has 0 amide bonds. The van der Waals surface area contributed by atoms with Gasteiger partial charge in [-0.15, -0.1) is 0 Å². The standard InChI is InChI=1S/C23H28N2/c1-16-17(2)20(16)14-24-13-12-23-21(15-24)19-10-6-7-11-22(19)25(23)18-8-4-3-5-9-18/h3-11,16-17,20-21,23H,12-15H2,1-2H3/t16-,17+,20?,21-,23+/m0/s1. The number of fused-ring (bicyclic) bond motifs is 3. The molecule has 5 rings (SSSR count). The summed E-state index contributed by atoms with van der Waals surface area (Å²) in [5.74, 6) is 3.43. The Morgan fingerprint density at radius 1 is 0.920 bits per heavy atom. The van der Waals surface area contributed by atoms with Crippen LogP contribution in [0.5, 0.6) is 0 Å². The minimum Gasteiger partial charge on any atom is -0.337 e. The van der Waals surface area contributed by atoms with Crippen molar-refractivity contribution >= 4 is 11.4 Å². The lowest BCUT2D eigenvalue weighted by molar-refractivity contribution is 0.185. The van der Waals surface area contributed by atoms with Crippen molar-refractivity contribution in [1.82, 2.24) is 4.90 Å². The summed E-state index contributed by atoms with van der Waals surface area (Å²) in [5, 5.41) is 0. The van der Waals surface area contributed by atoms with Gasteiger partial charge >= 0.3 is 0 Å². The van der Waals surface area contributed by atoms with Gasteiger partial charge in [-0.3, -0.25) is 0 Å². The number of nitrogens with zero attached hydrogens (tertiary/aromatic N) is 2. The minimum absolute atomic E-state index is 0.616. The Balaban J connectivity index is 1.43. The molecule has 25 heavy (non-hydrogen) atoms. The molecular weight excluding hydrogens is 304 g/mol. The first kappa shape index (κ1) is 15.5. The van der Waals surface area contributed by atoms with Crippen LogP contribution in [0.25, 0.3) is 0 Å². The van der Waals surface area contributed by atoms with Gasteiger partial charge in [0.15, 0.2) is 0 Å². The van der Waals surface area contributed by atoms with Crippen LogP contribution in [0.15, 0.2) is 54.6 Å². The molecule has 1 saturated carbocycles. The van der Waals surface area contributed by atoms with Gasteiger partial charge in [-0.05, 0) is 47.9 Å². The fraction of sp³-hybridized carbons (Fsp3) is 0.478. The van der Waals surface area contributed by atoms with Gasteiger partial charge in [-0.25, -0.2) is 0 Å². The predicted octanol–water partition coefficient (Wildman–Crippen LogP) is 4.90. The molecule has 0 bridgehead atoms. The van der Waals surface area contributed by atoms with Crippen LogP contribution < -0.4 is 4.90 Å². The van der Waals surface area contributed by atoms with Gasteiger partial charge in [0.05, 0.1) is 0 Å². The van der Waals surface area contributed by atoms with E-state index in [4.69, 9.17) is 0 Å². The van der Waals surface area contributed by atoms with Gasteiger partial charge in [0.2, 0.25) is 0 Å². The smallest absolute Gasteiger partial charge is 0.0450 e. The van der Waals surface area contributed by atoms with Crippen LogP contribution in [-0.4, -0.2) is 30.6 Å². The number of benzene rings is 2. The summed E-state index contributed by atoms with van der Waals surface area (Å²) in [6.45, 7) is 8.61. The molecule has 0 aromatic heterocycles. The molecule has 130 valence electrons. The highest BCUT2D eigenvalue weighted by atomic mass is 15.2. The summed E-state index contributed by atoms with van der Waals surface area (Å²) in [7, 11) is 0. The topological polar surface area (TPSA) is 6.48 Å². The lowest BCUT2D eigenvalue weighted by atomic mass is 9.89. The number of rotatable bonds is 3. The summed E-state index contributed by atoms with van der Waals surface area (Å²) in [4.78, 5) is 5.36. The molecule has 2 fully saturated rings. The highest BCUT2D eigenvalue weighted by Crippen LogP contribution is 2.50. The number of hydrogen-bond donors (Lipinski definition) is 0. The molecule has 5 atom stereocenters. The summed E-state index contributed by atoms with van der Waals surface area (Å²) in [6.07, 6.45) is 1.27. The molecule has 3 aliphatic rings. The van der Waals surface area contributed by atoms with E-state index in [1.165, 1.54) is 37.4 Å². The maximum absolute atomic E-state index is 2.75. The Labute approximate surface area is 151 Å². The van der Waals surface area contributed by atoms with E-state index in [2.05, 4.69) is 78.2 Å². The van der Waals surface area contributed by atoms with E-state index in [9.17, 15) is 0 Å². The summed E-state index contributed by atoms with van der Waals surface area (Å²) >= 11 is 0. The van der Waals surface area contributed by atoms with Crippen molar-refractivity contribution in [3.05, 3.63) is 60.2 Å². The van der Waals surface area contributed by atoms with Gasteiger partial charge in [0, 0.05) is 43.0 Å². The van der Waals surface area contributed by atoms with Crippen molar-refractivity contribution in [3.8, 4) is 0 Å². The van der Waals surface area contributed by atoms with Crippen LogP contribution in [-0.2, 0) is 0 Å². The van der Waals surface area contributed by atoms with E-state index in [1.807, 2.05) is 0 Å². The van der Waals surface area contributed by atoms with Crippen molar-refractivity contribution in [2.75, 3.05) is 24.5 Å². The number of piperidine rings is 1. The third-order valence-electron chi connectivity index (χ3n) is 7.13. The molecule has 2 nitrogen and oxygen atoms in total. The Morgan fingerprint density at radius 3 is 2.40 bits per heavy atom. The van der Waals surface area contributed by atoms with Crippen molar-refractivity contribution < 1.29 is 0 Å². The summed E-state index contributed by atoms with van der Waals surface area (Å²) in [5.41, 5.74) is 4.33. The highest BCUT2D eigenvalue weighted by molar-refractivity contribution is 5.72. The monoisotopic (exact) mass is 332 g/mol. The van der Waals surface area contributed by atoms with Crippen molar-refractivity contribution in [2.45, 2.75) is 32.2 Å². The van der Waals surface area contributed by atoms with E-state index in [0.29, 0.717) is 12.0 Å². The van der Waals surface area contributed by atoms with Crippen molar-refractivity contribution in [2.24, 2.45) is 17.8 Å². The third kappa shape index (κ3) is 2.50. The van der Waals surface area contributed by atoms with Crippen LogP contribution in [0.3, 0.4) is 0 Å². The van der Waals surface area contributed by atoms with Crippen LogP contribution in [0.4, 0.5) is 11.4 Å². The maximum Gasteiger partial charge on any atom is 0.0450 e. The molecule has 2 aromatic rings. The van der Waals surface area contributed by atoms with E-state index in [-0.39, 0.29) is 0 Å². The lowest BCUT2D eigenvalue weighted by Crippen LogP contribution is -2.45. The van der Waals surface area contributed by atoms with E-state index >= 15 is 0 Å². The molecule has 0 N–H and O–H groups in total. The molecule has 2 heteroatoms. The molecule has 1 unspecified atom stereocenters. The van der Waals surface area contributed by atoms with E-state index < -0.39 is 0 Å². The predicted molar refractivity (Wildman–Crippen MR) is 104 cm³/mol. The lowest BCUT2D eigenvalue weighted by Gasteiger charge is -2.39. The molecule has 0 spiro atoms. The number of anilines is 2. The average molecular weight is 332 g/mol. The third-order valence-corrected chi connectivity index (χ3v) is 7.13. The van der Waals surface area contributed by atoms with Gasteiger partial charge in [-0.2, -0.15) is 0 Å². The zero-order valence-corrected chi connectivity index (χ0v) is 15.3. The zero-order valence-electron chi connectivity index (χ0n) is 15.3. The fourth-order valence-corrected chi connectivity index (χ4v) is 5.30. The molecule has 1 saturated heterocycles. The van der Waals surface area contributed by atoms with Crippen LogP contribution in [0.2, 0.25) is 0 Å². The van der Waals surface area contributed by atoms with Crippen molar-refractivity contribution in [3.63, 3.8) is 0 Å². The number of hydrogen-bond acceptors (Lipinski definition) is 2. The Morgan fingerprint density at radius 2 is 1.64 bits per heavy atom. The normalized spacial score (nSPS) is 33.8. The van der Waals surface area contributed by atoms with E-state index in [1.54, 1.807) is 5.56 Å². The van der Waals surface area contributed by atoms with Crippen LogP contribution in [0, 0.1) is 17.8 Å².